The van der Waals surface area contributed by atoms with Gasteiger partial charge in [0, 0.05) is 29.2 Å². The lowest BCUT2D eigenvalue weighted by atomic mass is 10.3. The van der Waals surface area contributed by atoms with Crippen LogP contribution >= 0.6 is 22.9 Å². The summed E-state index contributed by atoms with van der Waals surface area (Å²) in [4.78, 5) is 41.4. The van der Waals surface area contributed by atoms with Crippen LogP contribution in [0.15, 0.2) is 42.5 Å². The van der Waals surface area contributed by atoms with Crippen LogP contribution in [-0.2, 0) is 9.59 Å². The summed E-state index contributed by atoms with van der Waals surface area (Å²) in [6, 6.07) is 11.6. The van der Waals surface area contributed by atoms with Crippen molar-refractivity contribution in [3.8, 4) is 0 Å². The molecule has 136 valence electrons. The average Bonchev–Trinajstić information content (AvgIpc) is 3.19. The molecule has 4 rings (SSSR count). The molecule has 0 bridgehead atoms. The summed E-state index contributed by atoms with van der Waals surface area (Å²) in [5, 5.41) is 6.40. The van der Waals surface area contributed by atoms with Gasteiger partial charge in [0.05, 0.1) is 10.2 Å². The number of hydrogen-bond donors (Lipinski definition) is 2. The lowest BCUT2D eigenvalue weighted by molar-refractivity contribution is -0.121. The van der Waals surface area contributed by atoms with Gasteiger partial charge in [-0.1, -0.05) is 22.9 Å². The molecule has 0 unspecified atom stereocenters. The van der Waals surface area contributed by atoms with E-state index in [2.05, 4.69) is 15.6 Å². The Hall–Kier alpha value is -2.97. The normalized spacial score (nSPS) is 14.0. The first-order valence-corrected chi connectivity index (χ1v) is 9.29. The van der Waals surface area contributed by atoms with E-state index in [0.29, 0.717) is 27.0 Å². The molecule has 7 nitrogen and oxygen atoms in total. The highest BCUT2D eigenvalue weighted by Crippen LogP contribution is 2.33. The third-order valence-electron chi connectivity index (χ3n) is 3.98. The molecule has 0 spiro atoms. The fourth-order valence-corrected chi connectivity index (χ4v) is 3.87. The zero-order chi connectivity index (χ0) is 19.0. The largest absolute Gasteiger partial charge is 0.323 e. The van der Waals surface area contributed by atoms with Gasteiger partial charge in [0.25, 0.3) is 0 Å². The van der Waals surface area contributed by atoms with Crippen molar-refractivity contribution in [1.82, 2.24) is 4.98 Å². The molecule has 27 heavy (non-hydrogen) atoms. The predicted octanol–water partition coefficient (Wildman–Crippen LogP) is 4.25. The molecule has 1 saturated heterocycles. The first-order valence-electron chi connectivity index (χ1n) is 8.09. The van der Waals surface area contributed by atoms with E-state index < -0.39 is 6.03 Å². The number of nitrogens with zero attached hydrogens (tertiary/aromatic N) is 2. The number of hydrogen-bond acceptors (Lipinski definition) is 5. The van der Waals surface area contributed by atoms with Crippen LogP contribution in [-0.4, -0.2) is 22.8 Å². The maximum absolute atomic E-state index is 12.1. The second kappa shape index (κ2) is 6.98. The number of carbonyl (C=O) groups excluding carboxylic acids is 3. The predicted molar refractivity (Wildman–Crippen MR) is 105 cm³/mol. The van der Waals surface area contributed by atoms with Crippen molar-refractivity contribution in [3.63, 3.8) is 0 Å². The quantitative estimate of drug-likeness (QED) is 0.643. The summed E-state index contributed by atoms with van der Waals surface area (Å²) in [5.74, 6) is -0.473. The van der Waals surface area contributed by atoms with Gasteiger partial charge in [-0.25, -0.2) is 14.7 Å². The van der Waals surface area contributed by atoms with Crippen molar-refractivity contribution in [2.45, 2.75) is 12.8 Å². The average molecular weight is 401 g/mol. The van der Waals surface area contributed by atoms with Gasteiger partial charge in [0.15, 0.2) is 5.13 Å². The van der Waals surface area contributed by atoms with E-state index in [9.17, 15) is 14.4 Å². The molecule has 0 saturated carbocycles. The zero-order valence-electron chi connectivity index (χ0n) is 13.9. The van der Waals surface area contributed by atoms with E-state index in [4.69, 9.17) is 11.6 Å². The fourth-order valence-electron chi connectivity index (χ4n) is 2.70. The fraction of sp³-hybridized carbons (Fsp3) is 0.111. The topological polar surface area (TPSA) is 91.4 Å². The van der Waals surface area contributed by atoms with E-state index in [1.165, 1.54) is 11.3 Å². The standard InChI is InChI=1S/C18H13ClN4O3S/c19-10-1-3-11(4-2-10)20-17(26)21-12-5-6-13-14(9-12)27-18(22-13)23-15(24)7-8-16(23)25/h1-6,9H,7-8H2,(H2,20,21,26). The van der Waals surface area contributed by atoms with Crippen molar-refractivity contribution in [3.05, 3.63) is 47.5 Å². The van der Waals surface area contributed by atoms with E-state index in [1.54, 1.807) is 42.5 Å². The Balaban J connectivity index is 1.51. The maximum Gasteiger partial charge on any atom is 0.323 e. The summed E-state index contributed by atoms with van der Waals surface area (Å²) >= 11 is 7.06. The summed E-state index contributed by atoms with van der Waals surface area (Å²) in [7, 11) is 0. The first kappa shape index (κ1) is 17.4. The number of fused-ring (bicyclic) bond motifs is 1. The number of carbonyl (C=O) groups is 3. The minimum absolute atomic E-state index is 0.215. The molecule has 1 fully saturated rings. The van der Waals surface area contributed by atoms with Gasteiger partial charge in [-0.3, -0.25) is 9.59 Å². The van der Waals surface area contributed by atoms with Crippen LogP contribution in [0.1, 0.15) is 12.8 Å². The Morgan fingerprint density at radius 3 is 2.33 bits per heavy atom. The number of thiazole rings is 1. The van der Waals surface area contributed by atoms with Crippen molar-refractivity contribution in [2.75, 3.05) is 15.5 Å². The molecule has 1 aromatic heterocycles. The zero-order valence-corrected chi connectivity index (χ0v) is 15.4. The number of anilines is 3. The molecule has 2 aromatic carbocycles. The maximum atomic E-state index is 12.1. The van der Waals surface area contributed by atoms with Crippen molar-refractivity contribution >= 4 is 67.5 Å². The molecule has 4 amide bonds. The summed E-state index contributed by atoms with van der Waals surface area (Å²) < 4.78 is 0.766. The second-order valence-corrected chi connectivity index (χ2v) is 7.33. The van der Waals surface area contributed by atoms with Crippen LogP contribution in [0.2, 0.25) is 5.02 Å². The van der Waals surface area contributed by atoms with Gasteiger partial charge in [-0.05, 0) is 42.5 Å². The van der Waals surface area contributed by atoms with Crippen LogP contribution in [0.3, 0.4) is 0 Å². The van der Waals surface area contributed by atoms with Crippen LogP contribution in [0.25, 0.3) is 10.2 Å². The molecule has 3 aromatic rings. The summed E-state index contributed by atoms with van der Waals surface area (Å²) in [6.07, 6.45) is 0.429. The van der Waals surface area contributed by atoms with Crippen molar-refractivity contribution < 1.29 is 14.4 Å². The Morgan fingerprint density at radius 2 is 1.63 bits per heavy atom. The molecule has 1 aliphatic heterocycles. The molecule has 1 aliphatic rings. The smallest absolute Gasteiger partial charge is 0.308 e. The Kier molecular flexibility index (Phi) is 4.51. The summed E-state index contributed by atoms with van der Waals surface area (Å²) in [6.45, 7) is 0. The van der Waals surface area contributed by atoms with Crippen LogP contribution in [0, 0.1) is 0 Å². The number of imide groups is 1. The molecule has 2 N–H and O–H groups in total. The number of halogens is 1. The highest BCUT2D eigenvalue weighted by molar-refractivity contribution is 7.22. The first-order chi connectivity index (χ1) is 13.0. The number of benzene rings is 2. The van der Waals surface area contributed by atoms with Crippen LogP contribution < -0.4 is 15.5 Å². The number of rotatable bonds is 3. The monoisotopic (exact) mass is 400 g/mol. The van der Waals surface area contributed by atoms with Gasteiger partial charge in [0.1, 0.15) is 0 Å². The Bertz CT molecular complexity index is 1050. The molecule has 2 heterocycles. The van der Waals surface area contributed by atoms with Gasteiger partial charge >= 0.3 is 6.03 Å². The van der Waals surface area contributed by atoms with Gasteiger partial charge in [0.2, 0.25) is 11.8 Å². The highest BCUT2D eigenvalue weighted by atomic mass is 35.5. The van der Waals surface area contributed by atoms with Crippen molar-refractivity contribution in [1.29, 1.82) is 0 Å². The number of urea groups is 1. The number of nitrogens with one attached hydrogen (secondary N) is 2. The molecule has 0 radical (unpaired) electrons. The molecule has 0 atom stereocenters. The van der Waals surface area contributed by atoms with E-state index in [-0.39, 0.29) is 24.7 Å². The third-order valence-corrected chi connectivity index (χ3v) is 5.24. The Labute approximate surface area is 162 Å². The third kappa shape index (κ3) is 3.62. The molecular weight excluding hydrogens is 388 g/mol. The van der Waals surface area contributed by atoms with E-state index >= 15 is 0 Å². The number of amides is 4. The SMILES string of the molecule is O=C(Nc1ccc(Cl)cc1)Nc1ccc2nc(N3C(=O)CCC3=O)sc2c1. The minimum atomic E-state index is -0.397. The van der Waals surface area contributed by atoms with E-state index in [0.717, 1.165) is 9.60 Å². The molecule has 0 aliphatic carbocycles. The second-order valence-electron chi connectivity index (χ2n) is 5.89. The lowest BCUT2D eigenvalue weighted by Gasteiger charge is -2.07. The Morgan fingerprint density at radius 1 is 1.00 bits per heavy atom. The lowest BCUT2D eigenvalue weighted by Crippen LogP contribution is -2.28. The molecule has 9 heteroatoms. The van der Waals surface area contributed by atoms with Crippen LogP contribution in [0.5, 0.6) is 0 Å². The van der Waals surface area contributed by atoms with Gasteiger partial charge in [-0.2, -0.15) is 0 Å². The van der Waals surface area contributed by atoms with Gasteiger partial charge in [-0.15, -0.1) is 0 Å². The minimum Gasteiger partial charge on any atom is -0.308 e. The van der Waals surface area contributed by atoms with Crippen molar-refractivity contribution in [2.24, 2.45) is 0 Å². The van der Waals surface area contributed by atoms with E-state index in [1.807, 2.05) is 0 Å². The summed E-state index contributed by atoms with van der Waals surface area (Å²) in [5.41, 5.74) is 1.85. The molecular formula is C18H13ClN4O3S. The van der Waals surface area contributed by atoms with Crippen LogP contribution in [0.4, 0.5) is 21.3 Å². The number of aromatic nitrogens is 1. The highest BCUT2D eigenvalue weighted by Gasteiger charge is 2.32. The van der Waals surface area contributed by atoms with Gasteiger partial charge < -0.3 is 10.6 Å².